The van der Waals surface area contributed by atoms with Crippen molar-refractivity contribution in [2.75, 3.05) is 0 Å². The minimum atomic E-state index is -0.921. The molecule has 2 atom stereocenters. The number of hydrogen-bond acceptors (Lipinski definition) is 6. The van der Waals surface area contributed by atoms with Crippen molar-refractivity contribution in [3.8, 4) is 17.5 Å². The lowest BCUT2D eigenvalue weighted by molar-refractivity contribution is -0.121. The Kier molecular flexibility index (Phi) is 6.09. The van der Waals surface area contributed by atoms with Crippen LogP contribution in [0.3, 0.4) is 0 Å². The molecule has 0 spiro atoms. The van der Waals surface area contributed by atoms with E-state index in [0.29, 0.717) is 10.9 Å². The number of carbonyl (C=O) groups excluding carboxylic acids is 1. The lowest BCUT2D eigenvalue weighted by Gasteiger charge is -2.28. The second-order valence-corrected chi connectivity index (χ2v) is 7.83. The average Bonchev–Trinajstić information content (AvgIpc) is 3.03. The summed E-state index contributed by atoms with van der Waals surface area (Å²) in [6.07, 6.45) is 0. The van der Waals surface area contributed by atoms with E-state index in [1.807, 2.05) is 13.8 Å². The third kappa shape index (κ3) is 4.74. The Morgan fingerprint density at radius 2 is 1.96 bits per heavy atom. The van der Waals surface area contributed by atoms with Crippen LogP contribution < -0.4 is 5.32 Å². The van der Waals surface area contributed by atoms with Gasteiger partial charge in [-0.3, -0.25) is 4.79 Å². The predicted molar refractivity (Wildman–Crippen MR) is 97.1 cm³/mol. The minimum absolute atomic E-state index is 0.0152. The first kappa shape index (κ1) is 19.3. The maximum absolute atomic E-state index is 12.4. The molecule has 0 saturated carbocycles. The van der Waals surface area contributed by atoms with Crippen molar-refractivity contribution in [3.63, 3.8) is 0 Å². The first-order valence-electron chi connectivity index (χ1n) is 7.74. The molecule has 0 bridgehead atoms. The lowest BCUT2D eigenvalue weighted by atomic mass is 9.90. The quantitative estimate of drug-likeness (QED) is 0.766. The number of rotatable bonds is 6. The molecule has 8 heteroatoms. The van der Waals surface area contributed by atoms with Crippen LogP contribution in [0.4, 0.5) is 0 Å². The summed E-state index contributed by atoms with van der Waals surface area (Å²) >= 11 is 7.00. The van der Waals surface area contributed by atoms with Crippen LogP contribution in [-0.2, 0) is 4.79 Å². The van der Waals surface area contributed by atoms with Gasteiger partial charge in [-0.2, -0.15) is 5.26 Å². The number of nitriles is 1. The van der Waals surface area contributed by atoms with Crippen molar-refractivity contribution < 1.29 is 9.21 Å². The molecule has 0 aliphatic heterocycles. The van der Waals surface area contributed by atoms with E-state index in [1.54, 1.807) is 38.1 Å². The second kappa shape index (κ2) is 7.89. The molecule has 1 aromatic carbocycles. The Balaban J connectivity index is 2.04. The minimum Gasteiger partial charge on any atom is -0.411 e. The SMILES string of the molecule is CC(C)[C@](C)(C#N)NC(=O)[C@@H](C)Sc1nnc(-c2ccc(Cl)cc2)o1. The zero-order chi connectivity index (χ0) is 18.6. The summed E-state index contributed by atoms with van der Waals surface area (Å²) in [7, 11) is 0. The van der Waals surface area contributed by atoms with E-state index in [0.717, 1.165) is 17.3 Å². The normalized spacial score (nSPS) is 14.6. The molecule has 25 heavy (non-hydrogen) atoms. The van der Waals surface area contributed by atoms with Gasteiger partial charge in [-0.15, -0.1) is 10.2 Å². The molecule has 6 nitrogen and oxygen atoms in total. The van der Waals surface area contributed by atoms with E-state index in [9.17, 15) is 10.1 Å². The third-order valence-corrected chi connectivity index (χ3v) is 5.10. The van der Waals surface area contributed by atoms with Gasteiger partial charge >= 0.3 is 0 Å². The zero-order valence-electron chi connectivity index (χ0n) is 14.4. The van der Waals surface area contributed by atoms with Crippen molar-refractivity contribution in [3.05, 3.63) is 29.3 Å². The number of amides is 1. The molecule has 1 amide bonds. The summed E-state index contributed by atoms with van der Waals surface area (Å²) in [5, 5.41) is 20.5. The van der Waals surface area contributed by atoms with Crippen LogP contribution in [0.15, 0.2) is 33.9 Å². The molecule has 1 aromatic heterocycles. The van der Waals surface area contributed by atoms with E-state index in [1.165, 1.54) is 0 Å². The number of hydrogen-bond donors (Lipinski definition) is 1. The molecule has 0 aliphatic rings. The Hall–Kier alpha value is -2.04. The molecule has 132 valence electrons. The van der Waals surface area contributed by atoms with Crippen LogP contribution in [0, 0.1) is 17.2 Å². The largest absolute Gasteiger partial charge is 0.411 e. The van der Waals surface area contributed by atoms with Crippen molar-refractivity contribution in [2.24, 2.45) is 5.92 Å². The van der Waals surface area contributed by atoms with E-state index in [-0.39, 0.29) is 17.0 Å². The molecule has 0 unspecified atom stereocenters. The monoisotopic (exact) mass is 378 g/mol. The highest BCUT2D eigenvalue weighted by Gasteiger charge is 2.32. The Morgan fingerprint density at radius 1 is 1.32 bits per heavy atom. The number of thioether (sulfide) groups is 1. The highest BCUT2D eigenvalue weighted by molar-refractivity contribution is 8.00. The van der Waals surface area contributed by atoms with Crippen molar-refractivity contribution in [1.29, 1.82) is 5.26 Å². The maximum Gasteiger partial charge on any atom is 0.277 e. The van der Waals surface area contributed by atoms with Crippen LogP contribution in [0.2, 0.25) is 5.02 Å². The fraction of sp³-hybridized carbons (Fsp3) is 0.412. The highest BCUT2D eigenvalue weighted by Crippen LogP contribution is 2.27. The van der Waals surface area contributed by atoms with Gasteiger partial charge in [0.15, 0.2) is 0 Å². The maximum atomic E-state index is 12.4. The third-order valence-electron chi connectivity index (χ3n) is 3.91. The highest BCUT2D eigenvalue weighted by atomic mass is 35.5. The van der Waals surface area contributed by atoms with E-state index in [2.05, 4.69) is 21.6 Å². The number of nitrogens with zero attached hydrogens (tertiary/aromatic N) is 3. The fourth-order valence-corrected chi connectivity index (χ4v) is 2.64. The number of aromatic nitrogens is 2. The fourth-order valence-electron chi connectivity index (χ4n) is 1.83. The van der Waals surface area contributed by atoms with E-state index >= 15 is 0 Å². The van der Waals surface area contributed by atoms with Crippen LogP contribution in [0.1, 0.15) is 27.7 Å². The molecule has 2 aromatic rings. The van der Waals surface area contributed by atoms with Crippen LogP contribution in [-0.4, -0.2) is 26.9 Å². The smallest absolute Gasteiger partial charge is 0.277 e. The Labute approximate surface area is 156 Å². The Morgan fingerprint density at radius 3 is 2.52 bits per heavy atom. The van der Waals surface area contributed by atoms with Gasteiger partial charge in [0.05, 0.1) is 11.3 Å². The summed E-state index contributed by atoms with van der Waals surface area (Å²) in [6, 6.07) is 9.18. The predicted octanol–water partition coefficient (Wildman–Crippen LogP) is 3.93. The van der Waals surface area contributed by atoms with Gasteiger partial charge in [0.1, 0.15) is 5.54 Å². The van der Waals surface area contributed by atoms with Crippen LogP contribution in [0.5, 0.6) is 0 Å². The molecule has 0 saturated heterocycles. The number of benzene rings is 1. The molecule has 1 N–H and O–H groups in total. The zero-order valence-corrected chi connectivity index (χ0v) is 16.0. The topological polar surface area (TPSA) is 91.8 Å². The molecule has 2 rings (SSSR count). The van der Waals surface area contributed by atoms with Gasteiger partial charge in [-0.05, 0) is 44.0 Å². The number of carbonyl (C=O) groups is 1. The standard InChI is InChI=1S/C17H19ClN4O2S/c1-10(2)17(4,9-19)20-14(23)11(3)25-16-22-21-15(24-16)12-5-7-13(18)8-6-12/h5-8,10-11H,1-4H3,(H,20,23)/t11-,17+/m1/s1. The first-order chi connectivity index (χ1) is 11.7. The van der Waals surface area contributed by atoms with Gasteiger partial charge in [-0.25, -0.2) is 0 Å². The summed E-state index contributed by atoms with van der Waals surface area (Å²) in [5.74, 6) is 0.0865. The number of halogens is 1. The van der Waals surface area contributed by atoms with Gasteiger partial charge in [0.2, 0.25) is 11.8 Å². The van der Waals surface area contributed by atoms with Crippen LogP contribution >= 0.6 is 23.4 Å². The first-order valence-corrected chi connectivity index (χ1v) is 9.00. The molecule has 0 radical (unpaired) electrons. The van der Waals surface area contributed by atoms with Gasteiger partial charge in [0.25, 0.3) is 5.22 Å². The molecule has 0 aliphatic carbocycles. The van der Waals surface area contributed by atoms with Crippen LogP contribution in [0.25, 0.3) is 11.5 Å². The van der Waals surface area contributed by atoms with Gasteiger partial charge < -0.3 is 9.73 Å². The van der Waals surface area contributed by atoms with E-state index in [4.69, 9.17) is 16.0 Å². The molecular formula is C17H19ClN4O2S. The summed E-state index contributed by atoms with van der Waals surface area (Å²) in [6.45, 7) is 7.21. The molecule has 0 fully saturated rings. The lowest BCUT2D eigenvalue weighted by Crippen LogP contribution is -2.51. The van der Waals surface area contributed by atoms with Crippen molar-refractivity contribution >= 4 is 29.3 Å². The summed E-state index contributed by atoms with van der Waals surface area (Å²) in [4.78, 5) is 12.4. The van der Waals surface area contributed by atoms with E-state index < -0.39 is 10.8 Å². The summed E-state index contributed by atoms with van der Waals surface area (Å²) < 4.78 is 5.59. The number of nitrogens with one attached hydrogen (secondary N) is 1. The Bertz CT molecular complexity index is 785. The van der Waals surface area contributed by atoms with Crippen molar-refractivity contribution in [1.82, 2.24) is 15.5 Å². The average molecular weight is 379 g/mol. The molecular weight excluding hydrogens is 360 g/mol. The van der Waals surface area contributed by atoms with Crippen molar-refractivity contribution in [2.45, 2.75) is 43.7 Å². The van der Waals surface area contributed by atoms with Gasteiger partial charge in [0, 0.05) is 10.6 Å². The van der Waals surface area contributed by atoms with Gasteiger partial charge in [-0.1, -0.05) is 37.2 Å². The second-order valence-electron chi connectivity index (χ2n) is 6.10. The molecule has 1 heterocycles. The summed E-state index contributed by atoms with van der Waals surface area (Å²) in [5.41, 5.74) is -0.174.